The highest BCUT2D eigenvalue weighted by atomic mass is 16.5. The minimum Gasteiger partial charge on any atom is -0.352 e. The molecule has 0 bridgehead atoms. The van der Waals surface area contributed by atoms with Crippen LogP contribution < -0.4 is 10.6 Å². The summed E-state index contributed by atoms with van der Waals surface area (Å²) in [6.45, 7) is 3.55. The van der Waals surface area contributed by atoms with Crippen LogP contribution in [-0.2, 0) is 0 Å². The van der Waals surface area contributed by atoms with Gasteiger partial charge in [-0.15, -0.1) is 0 Å². The van der Waals surface area contributed by atoms with E-state index < -0.39 is 0 Å². The quantitative estimate of drug-likeness (QED) is 0.860. The molecule has 0 spiro atoms. The lowest BCUT2D eigenvalue weighted by atomic mass is 10.0. The van der Waals surface area contributed by atoms with Gasteiger partial charge in [-0.1, -0.05) is 5.16 Å². The zero-order valence-electron chi connectivity index (χ0n) is 10.5. The highest BCUT2D eigenvalue weighted by Gasteiger charge is 2.25. The molecular weight excluding hydrogens is 230 g/mol. The van der Waals surface area contributed by atoms with Crippen molar-refractivity contribution in [2.75, 3.05) is 18.0 Å². The van der Waals surface area contributed by atoms with Crippen molar-refractivity contribution in [3.8, 4) is 0 Å². The first-order chi connectivity index (χ1) is 8.81. The van der Waals surface area contributed by atoms with Crippen molar-refractivity contribution in [2.45, 2.75) is 32.2 Å². The number of rotatable bonds is 2. The molecule has 0 radical (unpaired) electrons. The van der Waals surface area contributed by atoms with Gasteiger partial charge < -0.3 is 15.2 Å². The predicted octanol–water partition coefficient (Wildman–Crippen LogP) is 1.24. The van der Waals surface area contributed by atoms with E-state index in [1.165, 1.54) is 19.2 Å². The summed E-state index contributed by atoms with van der Waals surface area (Å²) in [6.07, 6.45) is 5.05. The molecule has 0 aliphatic carbocycles. The summed E-state index contributed by atoms with van der Waals surface area (Å²) in [5.74, 6) is 0.911. The molecule has 3 heterocycles. The molecule has 6 nitrogen and oxygen atoms in total. The van der Waals surface area contributed by atoms with Crippen LogP contribution in [0.15, 0.2) is 10.9 Å². The van der Waals surface area contributed by atoms with E-state index in [9.17, 15) is 0 Å². The molecule has 2 aromatic heterocycles. The number of aromatic nitrogens is 3. The van der Waals surface area contributed by atoms with Crippen LogP contribution in [0.1, 0.15) is 25.0 Å². The van der Waals surface area contributed by atoms with Crippen molar-refractivity contribution in [2.24, 2.45) is 5.73 Å². The summed E-state index contributed by atoms with van der Waals surface area (Å²) in [4.78, 5) is 10.8. The van der Waals surface area contributed by atoms with Gasteiger partial charge in [0, 0.05) is 19.1 Å². The van der Waals surface area contributed by atoms with Gasteiger partial charge in [0.1, 0.15) is 17.5 Å². The van der Waals surface area contributed by atoms with Crippen LogP contribution in [0.4, 0.5) is 5.82 Å². The first kappa shape index (κ1) is 11.4. The maximum absolute atomic E-state index is 5.86. The van der Waals surface area contributed by atoms with Crippen molar-refractivity contribution >= 4 is 16.9 Å². The van der Waals surface area contributed by atoms with Crippen molar-refractivity contribution in [3.63, 3.8) is 0 Å². The van der Waals surface area contributed by atoms with E-state index in [0.29, 0.717) is 18.3 Å². The third kappa shape index (κ3) is 1.73. The van der Waals surface area contributed by atoms with Gasteiger partial charge in [-0.05, 0) is 26.2 Å². The van der Waals surface area contributed by atoms with Crippen molar-refractivity contribution < 1.29 is 4.52 Å². The number of nitrogens with zero attached hydrogens (tertiary/aromatic N) is 4. The maximum Gasteiger partial charge on any atom is 0.263 e. The largest absolute Gasteiger partial charge is 0.352 e. The normalized spacial score (nSPS) is 20.6. The number of piperidine rings is 1. The summed E-state index contributed by atoms with van der Waals surface area (Å²) in [5.41, 5.74) is 7.25. The molecule has 2 N–H and O–H groups in total. The monoisotopic (exact) mass is 247 g/mol. The van der Waals surface area contributed by atoms with Crippen LogP contribution in [0.2, 0.25) is 0 Å². The molecule has 1 fully saturated rings. The fraction of sp³-hybridized carbons (Fsp3) is 0.583. The molecule has 1 saturated heterocycles. The molecule has 96 valence electrons. The summed E-state index contributed by atoms with van der Waals surface area (Å²) in [7, 11) is 0. The maximum atomic E-state index is 5.86. The molecule has 2 aromatic rings. The highest BCUT2D eigenvalue weighted by Crippen LogP contribution is 2.30. The zero-order valence-corrected chi connectivity index (χ0v) is 10.5. The molecule has 1 aliphatic heterocycles. The Balaban J connectivity index is 2.09. The summed E-state index contributed by atoms with van der Waals surface area (Å²) < 4.78 is 5.19. The Hall–Kier alpha value is -1.69. The van der Waals surface area contributed by atoms with Gasteiger partial charge in [0.05, 0.1) is 5.69 Å². The van der Waals surface area contributed by atoms with E-state index in [-0.39, 0.29) is 0 Å². The minimum absolute atomic E-state index is 0.353. The number of hydrogen-bond donors (Lipinski definition) is 1. The van der Waals surface area contributed by atoms with E-state index in [1.54, 1.807) is 0 Å². The lowest BCUT2D eigenvalue weighted by Gasteiger charge is -2.36. The predicted molar refractivity (Wildman–Crippen MR) is 68.4 cm³/mol. The Labute approximate surface area is 105 Å². The van der Waals surface area contributed by atoms with Gasteiger partial charge >= 0.3 is 0 Å². The molecule has 6 heteroatoms. The molecule has 1 atom stereocenters. The van der Waals surface area contributed by atoms with Crippen LogP contribution in [0.25, 0.3) is 11.1 Å². The number of anilines is 1. The second kappa shape index (κ2) is 4.53. The van der Waals surface area contributed by atoms with E-state index in [2.05, 4.69) is 20.0 Å². The molecule has 0 saturated carbocycles. The average molecular weight is 247 g/mol. The SMILES string of the molecule is Cc1noc2ncnc(N3CCCCC3CN)c12. The molecule has 0 aromatic carbocycles. The lowest BCUT2D eigenvalue weighted by Crippen LogP contribution is -2.44. The van der Waals surface area contributed by atoms with Gasteiger partial charge in [-0.2, -0.15) is 4.98 Å². The summed E-state index contributed by atoms with van der Waals surface area (Å²) in [6, 6.07) is 0.353. The first-order valence-corrected chi connectivity index (χ1v) is 6.35. The fourth-order valence-electron chi connectivity index (χ4n) is 2.65. The number of hydrogen-bond acceptors (Lipinski definition) is 6. The number of aryl methyl sites for hydroxylation is 1. The Morgan fingerprint density at radius 2 is 2.33 bits per heavy atom. The van der Waals surface area contributed by atoms with Crippen LogP contribution in [-0.4, -0.2) is 34.3 Å². The minimum atomic E-state index is 0.353. The standard InChI is InChI=1S/C12H17N5O/c1-8-10-11(14-7-15-12(10)18-16-8)17-5-3-2-4-9(17)6-13/h7,9H,2-6,13H2,1H3. The third-order valence-corrected chi connectivity index (χ3v) is 3.59. The Bertz CT molecular complexity index is 552. The van der Waals surface area contributed by atoms with E-state index in [0.717, 1.165) is 29.9 Å². The fourth-order valence-corrected chi connectivity index (χ4v) is 2.65. The molecule has 18 heavy (non-hydrogen) atoms. The molecular formula is C12H17N5O. The number of fused-ring (bicyclic) bond motifs is 1. The highest BCUT2D eigenvalue weighted by molar-refractivity contribution is 5.88. The van der Waals surface area contributed by atoms with Crippen molar-refractivity contribution in [3.05, 3.63) is 12.0 Å². The van der Waals surface area contributed by atoms with Gasteiger partial charge in [0.2, 0.25) is 0 Å². The molecule has 3 rings (SSSR count). The zero-order chi connectivity index (χ0) is 12.5. The third-order valence-electron chi connectivity index (χ3n) is 3.59. The van der Waals surface area contributed by atoms with E-state index >= 15 is 0 Å². The van der Waals surface area contributed by atoms with Crippen LogP contribution in [0, 0.1) is 6.92 Å². The van der Waals surface area contributed by atoms with E-state index in [1.807, 2.05) is 6.92 Å². The Kier molecular flexibility index (Phi) is 2.87. The summed E-state index contributed by atoms with van der Waals surface area (Å²) >= 11 is 0. The van der Waals surface area contributed by atoms with Crippen LogP contribution in [0.3, 0.4) is 0 Å². The Morgan fingerprint density at radius 1 is 1.44 bits per heavy atom. The molecule has 0 amide bonds. The van der Waals surface area contributed by atoms with Gasteiger partial charge in [-0.25, -0.2) is 4.98 Å². The first-order valence-electron chi connectivity index (χ1n) is 6.35. The topological polar surface area (TPSA) is 81.1 Å². The van der Waals surface area contributed by atoms with Crippen LogP contribution in [0.5, 0.6) is 0 Å². The second-order valence-corrected chi connectivity index (χ2v) is 4.72. The van der Waals surface area contributed by atoms with Crippen molar-refractivity contribution in [1.29, 1.82) is 0 Å². The second-order valence-electron chi connectivity index (χ2n) is 4.72. The molecule has 1 unspecified atom stereocenters. The molecule has 1 aliphatic rings. The van der Waals surface area contributed by atoms with Crippen LogP contribution >= 0.6 is 0 Å². The van der Waals surface area contributed by atoms with Gasteiger partial charge in [0.15, 0.2) is 0 Å². The lowest BCUT2D eigenvalue weighted by molar-refractivity contribution is 0.442. The summed E-state index contributed by atoms with van der Waals surface area (Å²) in [5, 5.41) is 4.88. The smallest absolute Gasteiger partial charge is 0.263 e. The van der Waals surface area contributed by atoms with E-state index in [4.69, 9.17) is 10.3 Å². The number of nitrogens with two attached hydrogens (primary N) is 1. The Morgan fingerprint density at radius 3 is 3.17 bits per heavy atom. The van der Waals surface area contributed by atoms with Gasteiger partial charge in [-0.3, -0.25) is 0 Å². The average Bonchev–Trinajstić information content (AvgIpc) is 2.81. The van der Waals surface area contributed by atoms with Crippen molar-refractivity contribution in [1.82, 2.24) is 15.1 Å². The van der Waals surface area contributed by atoms with Gasteiger partial charge in [0.25, 0.3) is 5.71 Å².